The van der Waals surface area contributed by atoms with Crippen molar-refractivity contribution in [1.82, 2.24) is 9.88 Å². The molecule has 1 amide bonds. The molecule has 1 aromatic carbocycles. The number of carbonyl (C=O) groups excluding carboxylic acids is 1. The van der Waals surface area contributed by atoms with Crippen LogP contribution in [-0.4, -0.2) is 36.6 Å². The summed E-state index contributed by atoms with van der Waals surface area (Å²) in [6, 6.07) is 5.83. The molecule has 2 heterocycles. The number of likely N-dealkylation sites (tertiary alicyclic amines) is 1. The number of methoxy groups -OCH3 is 2. The summed E-state index contributed by atoms with van der Waals surface area (Å²) in [5.41, 5.74) is 2.75. The highest BCUT2D eigenvalue weighted by Gasteiger charge is 2.33. The number of aryl methyl sites for hydroxylation is 1. The molecular formula is C18H22N2O3. The van der Waals surface area contributed by atoms with Crippen molar-refractivity contribution < 1.29 is 14.3 Å². The van der Waals surface area contributed by atoms with Crippen molar-refractivity contribution in [1.29, 1.82) is 0 Å². The van der Waals surface area contributed by atoms with Crippen LogP contribution in [0.5, 0.6) is 11.5 Å². The molecule has 5 heteroatoms. The van der Waals surface area contributed by atoms with Crippen LogP contribution >= 0.6 is 0 Å². The Kier molecular flexibility index (Phi) is 4.28. The second-order valence-corrected chi connectivity index (χ2v) is 5.82. The van der Waals surface area contributed by atoms with Gasteiger partial charge in [0.05, 0.1) is 25.8 Å². The summed E-state index contributed by atoms with van der Waals surface area (Å²) in [5, 5.41) is 0. The van der Waals surface area contributed by atoms with Gasteiger partial charge in [-0.3, -0.25) is 4.79 Å². The van der Waals surface area contributed by atoms with E-state index in [2.05, 4.69) is 4.98 Å². The highest BCUT2D eigenvalue weighted by molar-refractivity contribution is 5.96. The van der Waals surface area contributed by atoms with Gasteiger partial charge in [-0.25, -0.2) is 0 Å². The van der Waals surface area contributed by atoms with Crippen molar-refractivity contribution in [2.24, 2.45) is 0 Å². The molecular weight excluding hydrogens is 292 g/mol. The van der Waals surface area contributed by atoms with E-state index in [1.54, 1.807) is 20.4 Å². The predicted octanol–water partition coefficient (Wildman–Crippen LogP) is 3.32. The predicted molar refractivity (Wildman–Crippen MR) is 88.1 cm³/mol. The maximum absolute atomic E-state index is 12.9. The fourth-order valence-corrected chi connectivity index (χ4v) is 3.25. The van der Waals surface area contributed by atoms with Crippen LogP contribution < -0.4 is 9.47 Å². The summed E-state index contributed by atoms with van der Waals surface area (Å²) in [5.74, 6) is 1.59. The molecule has 0 radical (unpaired) electrons. The first-order valence-electron chi connectivity index (χ1n) is 7.82. The lowest BCUT2D eigenvalue weighted by atomic mass is 10.0. The van der Waals surface area contributed by atoms with Gasteiger partial charge in [0.15, 0.2) is 0 Å². The van der Waals surface area contributed by atoms with Crippen LogP contribution in [0.15, 0.2) is 30.6 Å². The van der Waals surface area contributed by atoms with E-state index in [0.29, 0.717) is 0 Å². The zero-order valence-corrected chi connectivity index (χ0v) is 13.8. The molecule has 1 aliphatic heterocycles. The summed E-state index contributed by atoms with van der Waals surface area (Å²) in [6.45, 7) is 2.71. The summed E-state index contributed by atoms with van der Waals surface area (Å²) in [7, 11) is 3.28. The largest absolute Gasteiger partial charge is 0.497 e. The Hall–Kier alpha value is -2.43. The van der Waals surface area contributed by atoms with E-state index in [0.717, 1.165) is 47.6 Å². The van der Waals surface area contributed by atoms with E-state index in [9.17, 15) is 4.79 Å². The summed E-state index contributed by atoms with van der Waals surface area (Å²) < 4.78 is 10.8. The lowest BCUT2D eigenvalue weighted by molar-refractivity contribution is 0.0733. The fourth-order valence-electron chi connectivity index (χ4n) is 3.25. The molecule has 0 unspecified atom stereocenters. The van der Waals surface area contributed by atoms with Gasteiger partial charge in [0.2, 0.25) is 0 Å². The first kappa shape index (κ1) is 15.5. The Morgan fingerprint density at radius 2 is 2.09 bits per heavy atom. The van der Waals surface area contributed by atoms with Crippen LogP contribution in [0.3, 0.4) is 0 Å². The molecule has 1 fully saturated rings. The molecule has 1 aliphatic rings. The Labute approximate surface area is 136 Å². The van der Waals surface area contributed by atoms with Gasteiger partial charge in [-0.1, -0.05) is 0 Å². The van der Waals surface area contributed by atoms with Crippen molar-refractivity contribution in [3.63, 3.8) is 0 Å². The SMILES string of the molecule is COc1ccc([C@H]2CCCN2C(=O)c2c[nH]cc2C)c(OC)c1. The fraction of sp³-hybridized carbons (Fsp3) is 0.389. The van der Waals surface area contributed by atoms with Gasteiger partial charge in [-0.2, -0.15) is 0 Å². The van der Waals surface area contributed by atoms with E-state index in [4.69, 9.17) is 9.47 Å². The summed E-state index contributed by atoms with van der Waals surface area (Å²) in [4.78, 5) is 17.8. The molecule has 0 saturated carbocycles. The van der Waals surface area contributed by atoms with Crippen LogP contribution in [0, 0.1) is 6.92 Å². The third kappa shape index (κ3) is 2.79. The van der Waals surface area contributed by atoms with Gasteiger partial charge >= 0.3 is 0 Å². The number of nitrogens with zero attached hydrogens (tertiary/aromatic N) is 1. The average molecular weight is 314 g/mol. The van der Waals surface area contributed by atoms with E-state index in [1.165, 1.54) is 0 Å². The maximum atomic E-state index is 12.9. The monoisotopic (exact) mass is 314 g/mol. The Morgan fingerprint density at radius 1 is 1.26 bits per heavy atom. The molecule has 5 nitrogen and oxygen atoms in total. The number of aromatic nitrogens is 1. The van der Waals surface area contributed by atoms with Gasteiger partial charge in [0.25, 0.3) is 5.91 Å². The maximum Gasteiger partial charge on any atom is 0.256 e. The molecule has 3 rings (SSSR count). The van der Waals surface area contributed by atoms with Crippen LogP contribution in [0.1, 0.15) is 40.4 Å². The number of ether oxygens (including phenoxy) is 2. The minimum Gasteiger partial charge on any atom is -0.497 e. The zero-order valence-electron chi connectivity index (χ0n) is 13.8. The lowest BCUT2D eigenvalue weighted by Crippen LogP contribution is -2.30. The van der Waals surface area contributed by atoms with Crippen molar-refractivity contribution in [3.8, 4) is 11.5 Å². The number of hydrogen-bond donors (Lipinski definition) is 1. The number of carbonyl (C=O) groups is 1. The molecule has 1 N–H and O–H groups in total. The van der Waals surface area contributed by atoms with Crippen molar-refractivity contribution >= 4 is 5.91 Å². The van der Waals surface area contributed by atoms with Gasteiger partial charge in [0.1, 0.15) is 11.5 Å². The molecule has 122 valence electrons. The van der Waals surface area contributed by atoms with Crippen LogP contribution in [0.25, 0.3) is 0 Å². The molecule has 1 saturated heterocycles. The van der Waals surface area contributed by atoms with Crippen molar-refractivity contribution in [2.75, 3.05) is 20.8 Å². The van der Waals surface area contributed by atoms with Crippen LogP contribution in [0.4, 0.5) is 0 Å². The minimum atomic E-state index is 0.0395. The second-order valence-electron chi connectivity index (χ2n) is 5.82. The Balaban J connectivity index is 1.93. The number of amides is 1. The molecule has 23 heavy (non-hydrogen) atoms. The van der Waals surface area contributed by atoms with Crippen molar-refractivity contribution in [2.45, 2.75) is 25.8 Å². The minimum absolute atomic E-state index is 0.0395. The first-order chi connectivity index (χ1) is 11.2. The molecule has 2 aromatic rings. The quantitative estimate of drug-likeness (QED) is 0.942. The Bertz CT molecular complexity index is 708. The van der Waals surface area contributed by atoms with E-state index in [-0.39, 0.29) is 11.9 Å². The highest BCUT2D eigenvalue weighted by atomic mass is 16.5. The van der Waals surface area contributed by atoms with E-state index in [1.807, 2.05) is 36.2 Å². The number of rotatable bonds is 4. The molecule has 0 spiro atoms. The second kappa shape index (κ2) is 6.36. The van der Waals surface area contributed by atoms with Gasteiger partial charge in [0, 0.05) is 30.6 Å². The lowest BCUT2D eigenvalue weighted by Gasteiger charge is -2.26. The average Bonchev–Trinajstić information content (AvgIpc) is 3.22. The zero-order chi connectivity index (χ0) is 16.4. The number of H-pyrrole nitrogens is 1. The number of benzene rings is 1. The third-order valence-corrected chi connectivity index (χ3v) is 4.50. The number of nitrogens with one attached hydrogen (secondary N) is 1. The highest BCUT2D eigenvalue weighted by Crippen LogP contribution is 2.39. The van der Waals surface area contributed by atoms with Gasteiger partial charge in [-0.05, 0) is 37.5 Å². The molecule has 1 aromatic heterocycles. The van der Waals surface area contributed by atoms with E-state index >= 15 is 0 Å². The topological polar surface area (TPSA) is 54.6 Å². The normalized spacial score (nSPS) is 17.3. The van der Waals surface area contributed by atoms with Crippen LogP contribution in [0.2, 0.25) is 0 Å². The summed E-state index contributed by atoms with van der Waals surface area (Å²) in [6.07, 6.45) is 5.57. The molecule has 1 atom stereocenters. The summed E-state index contributed by atoms with van der Waals surface area (Å²) >= 11 is 0. The third-order valence-electron chi connectivity index (χ3n) is 4.50. The first-order valence-corrected chi connectivity index (χ1v) is 7.82. The molecule has 0 bridgehead atoms. The van der Waals surface area contributed by atoms with Crippen molar-refractivity contribution in [3.05, 3.63) is 47.3 Å². The number of hydrogen-bond acceptors (Lipinski definition) is 3. The van der Waals surface area contributed by atoms with E-state index < -0.39 is 0 Å². The smallest absolute Gasteiger partial charge is 0.256 e. The Morgan fingerprint density at radius 3 is 2.74 bits per heavy atom. The number of aromatic amines is 1. The molecule has 0 aliphatic carbocycles. The van der Waals surface area contributed by atoms with Gasteiger partial charge in [-0.15, -0.1) is 0 Å². The standard InChI is InChI=1S/C18H22N2O3/c1-12-10-19-11-15(12)18(21)20-8-4-5-16(20)14-7-6-13(22-2)9-17(14)23-3/h6-7,9-11,16,19H,4-5,8H2,1-3H3/t16-/m1/s1. The van der Waals surface area contributed by atoms with Gasteiger partial charge < -0.3 is 19.4 Å². The van der Waals surface area contributed by atoms with Crippen LogP contribution in [-0.2, 0) is 0 Å².